The number of anilines is 1. The zero-order chi connectivity index (χ0) is 17.1. The van der Waals surface area contributed by atoms with Crippen LogP contribution in [-0.4, -0.2) is 15.5 Å². The summed E-state index contributed by atoms with van der Waals surface area (Å²) in [6.07, 6.45) is 1.88. The van der Waals surface area contributed by atoms with Gasteiger partial charge in [0.25, 0.3) is 5.91 Å². The van der Waals surface area contributed by atoms with Crippen molar-refractivity contribution in [1.82, 2.24) is 9.55 Å². The Balaban J connectivity index is 1.89. The molecule has 2 aromatic carbocycles. The van der Waals surface area contributed by atoms with Crippen molar-refractivity contribution >= 4 is 11.9 Å². The highest BCUT2D eigenvalue weighted by Crippen LogP contribution is 2.22. The Hall–Kier alpha value is -2.95. The minimum absolute atomic E-state index is 0.0000361. The minimum Gasteiger partial charge on any atom is -0.317 e. The molecule has 0 bridgehead atoms. The fourth-order valence-corrected chi connectivity index (χ4v) is 2.43. The van der Waals surface area contributed by atoms with E-state index >= 15 is 0 Å². The number of hydrogen-bond acceptors (Lipinski definition) is 2. The standard InChI is InChI=1S/C19H18FN3O/c1-3-23-12-17(14-10-8-13(2)9-11-14)21-19(23)22-18(24)15-6-4-5-7-16(15)20/h4-12H,3H2,1-2H3,(H,21,22,24). The van der Waals surface area contributed by atoms with Crippen LogP contribution >= 0.6 is 0 Å². The van der Waals surface area contributed by atoms with Gasteiger partial charge in [-0.25, -0.2) is 9.37 Å². The predicted octanol–water partition coefficient (Wildman–Crippen LogP) is 4.27. The molecule has 0 atom stereocenters. The van der Waals surface area contributed by atoms with Crippen molar-refractivity contribution in [1.29, 1.82) is 0 Å². The number of aryl methyl sites for hydroxylation is 2. The lowest BCUT2D eigenvalue weighted by molar-refractivity contribution is 0.102. The van der Waals surface area contributed by atoms with Crippen LogP contribution in [-0.2, 0) is 6.54 Å². The van der Waals surface area contributed by atoms with Gasteiger partial charge in [0, 0.05) is 18.3 Å². The summed E-state index contributed by atoms with van der Waals surface area (Å²) in [5, 5.41) is 2.69. The molecular weight excluding hydrogens is 305 g/mol. The first-order chi connectivity index (χ1) is 11.6. The number of halogens is 1. The number of amides is 1. The van der Waals surface area contributed by atoms with Crippen molar-refractivity contribution in [2.75, 3.05) is 5.32 Å². The topological polar surface area (TPSA) is 46.9 Å². The second kappa shape index (κ2) is 6.66. The maximum atomic E-state index is 13.7. The molecule has 1 N–H and O–H groups in total. The molecule has 0 saturated carbocycles. The van der Waals surface area contributed by atoms with Crippen LogP contribution in [0.1, 0.15) is 22.8 Å². The highest BCUT2D eigenvalue weighted by molar-refractivity contribution is 6.03. The van der Waals surface area contributed by atoms with Crippen LogP contribution in [0.4, 0.5) is 10.3 Å². The van der Waals surface area contributed by atoms with Crippen LogP contribution in [0.25, 0.3) is 11.3 Å². The molecule has 1 amide bonds. The molecule has 3 aromatic rings. The molecule has 0 saturated heterocycles. The van der Waals surface area contributed by atoms with Crippen LogP contribution in [0.3, 0.4) is 0 Å². The van der Waals surface area contributed by atoms with Crippen molar-refractivity contribution in [3.63, 3.8) is 0 Å². The summed E-state index contributed by atoms with van der Waals surface area (Å²) >= 11 is 0. The number of carbonyl (C=O) groups excluding carboxylic acids is 1. The molecule has 0 aliphatic heterocycles. The van der Waals surface area contributed by atoms with E-state index in [1.165, 1.54) is 17.7 Å². The van der Waals surface area contributed by atoms with E-state index in [9.17, 15) is 9.18 Å². The monoisotopic (exact) mass is 323 g/mol. The second-order valence-electron chi connectivity index (χ2n) is 5.54. The molecular formula is C19H18FN3O. The van der Waals surface area contributed by atoms with Gasteiger partial charge in [0.2, 0.25) is 5.95 Å². The van der Waals surface area contributed by atoms with Gasteiger partial charge in [-0.05, 0) is 26.0 Å². The molecule has 0 radical (unpaired) electrons. The Morgan fingerprint density at radius 1 is 1.17 bits per heavy atom. The number of nitrogens with zero attached hydrogens (tertiary/aromatic N) is 2. The number of hydrogen-bond donors (Lipinski definition) is 1. The normalized spacial score (nSPS) is 10.6. The SMILES string of the molecule is CCn1cc(-c2ccc(C)cc2)nc1NC(=O)c1ccccc1F. The Labute approximate surface area is 140 Å². The Morgan fingerprint density at radius 3 is 2.54 bits per heavy atom. The number of aromatic nitrogens is 2. The number of benzene rings is 2. The molecule has 1 heterocycles. The van der Waals surface area contributed by atoms with E-state index in [4.69, 9.17) is 0 Å². The molecule has 24 heavy (non-hydrogen) atoms. The van der Waals surface area contributed by atoms with Gasteiger partial charge < -0.3 is 4.57 Å². The van der Waals surface area contributed by atoms with Crippen LogP contribution in [0.2, 0.25) is 0 Å². The van der Waals surface area contributed by atoms with E-state index in [0.717, 1.165) is 11.3 Å². The van der Waals surface area contributed by atoms with E-state index < -0.39 is 11.7 Å². The fourth-order valence-electron chi connectivity index (χ4n) is 2.43. The molecule has 1 aromatic heterocycles. The van der Waals surface area contributed by atoms with Gasteiger partial charge in [0.05, 0.1) is 11.3 Å². The second-order valence-corrected chi connectivity index (χ2v) is 5.54. The molecule has 3 rings (SSSR count). The molecule has 122 valence electrons. The first kappa shape index (κ1) is 15.9. The molecule has 0 aliphatic rings. The van der Waals surface area contributed by atoms with Crippen molar-refractivity contribution < 1.29 is 9.18 Å². The van der Waals surface area contributed by atoms with Crippen LogP contribution in [0, 0.1) is 12.7 Å². The summed E-state index contributed by atoms with van der Waals surface area (Å²) in [5.41, 5.74) is 2.90. The molecule has 0 fully saturated rings. The van der Waals surface area contributed by atoms with Gasteiger partial charge in [-0.1, -0.05) is 42.0 Å². The molecule has 0 spiro atoms. The Kier molecular flexibility index (Phi) is 4.42. The van der Waals surface area contributed by atoms with Crippen LogP contribution in [0.5, 0.6) is 0 Å². The highest BCUT2D eigenvalue weighted by atomic mass is 19.1. The Morgan fingerprint density at radius 2 is 1.88 bits per heavy atom. The van der Waals surface area contributed by atoms with E-state index in [1.807, 2.05) is 48.9 Å². The minimum atomic E-state index is -0.552. The van der Waals surface area contributed by atoms with Gasteiger partial charge in [-0.2, -0.15) is 0 Å². The summed E-state index contributed by atoms with van der Waals surface area (Å²) in [7, 11) is 0. The quantitative estimate of drug-likeness (QED) is 0.779. The van der Waals surface area contributed by atoms with Gasteiger partial charge in [0.1, 0.15) is 5.82 Å². The lowest BCUT2D eigenvalue weighted by atomic mass is 10.1. The molecule has 4 nitrogen and oxygen atoms in total. The van der Waals surface area contributed by atoms with Gasteiger partial charge in [0.15, 0.2) is 0 Å². The largest absolute Gasteiger partial charge is 0.317 e. The van der Waals surface area contributed by atoms with Crippen LogP contribution in [0.15, 0.2) is 54.7 Å². The average molecular weight is 323 g/mol. The van der Waals surface area contributed by atoms with E-state index in [0.29, 0.717) is 12.5 Å². The summed E-state index contributed by atoms with van der Waals surface area (Å²) in [6, 6.07) is 13.9. The third kappa shape index (κ3) is 3.20. The zero-order valence-electron chi connectivity index (χ0n) is 13.6. The van der Waals surface area contributed by atoms with E-state index in [1.54, 1.807) is 12.1 Å². The smallest absolute Gasteiger partial charge is 0.260 e. The lowest BCUT2D eigenvalue weighted by Gasteiger charge is -2.07. The molecule has 0 unspecified atom stereocenters. The summed E-state index contributed by atoms with van der Waals surface area (Å²) in [5.74, 6) is -0.659. The first-order valence-electron chi connectivity index (χ1n) is 7.78. The van der Waals surface area contributed by atoms with Gasteiger partial charge in [-0.15, -0.1) is 0 Å². The highest BCUT2D eigenvalue weighted by Gasteiger charge is 2.15. The van der Waals surface area contributed by atoms with Crippen LogP contribution < -0.4 is 5.32 Å². The third-order valence-electron chi connectivity index (χ3n) is 3.81. The molecule has 0 aliphatic carbocycles. The summed E-state index contributed by atoms with van der Waals surface area (Å²) in [4.78, 5) is 16.8. The van der Waals surface area contributed by atoms with Crippen molar-refractivity contribution in [3.8, 4) is 11.3 Å². The average Bonchev–Trinajstić information content (AvgIpc) is 2.98. The molecule has 5 heteroatoms. The van der Waals surface area contributed by atoms with Gasteiger partial charge >= 0.3 is 0 Å². The zero-order valence-corrected chi connectivity index (χ0v) is 13.6. The summed E-state index contributed by atoms with van der Waals surface area (Å²) < 4.78 is 15.6. The van der Waals surface area contributed by atoms with Crippen molar-refractivity contribution in [2.24, 2.45) is 0 Å². The third-order valence-corrected chi connectivity index (χ3v) is 3.81. The number of rotatable bonds is 4. The van der Waals surface area contributed by atoms with E-state index in [-0.39, 0.29) is 5.56 Å². The van der Waals surface area contributed by atoms with Gasteiger partial charge in [-0.3, -0.25) is 10.1 Å². The lowest BCUT2D eigenvalue weighted by Crippen LogP contribution is -2.16. The maximum Gasteiger partial charge on any atom is 0.260 e. The predicted molar refractivity (Wildman–Crippen MR) is 92.4 cm³/mol. The Bertz CT molecular complexity index is 869. The van der Waals surface area contributed by atoms with Crippen molar-refractivity contribution in [3.05, 3.63) is 71.7 Å². The van der Waals surface area contributed by atoms with Crippen molar-refractivity contribution in [2.45, 2.75) is 20.4 Å². The number of nitrogens with one attached hydrogen (secondary N) is 1. The number of imidazole rings is 1. The number of carbonyl (C=O) groups is 1. The summed E-state index contributed by atoms with van der Waals surface area (Å²) in [6.45, 7) is 4.62. The maximum absolute atomic E-state index is 13.7. The fraction of sp³-hybridized carbons (Fsp3) is 0.158. The first-order valence-corrected chi connectivity index (χ1v) is 7.78. The van der Waals surface area contributed by atoms with E-state index in [2.05, 4.69) is 10.3 Å².